The van der Waals surface area contributed by atoms with E-state index in [4.69, 9.17) is 0 Å². The molecule has 1 aromatic heterocycles. The zero-order chi connectivity index (χ0) is 10.7. The van der Waals surface area contributed by atoms with Gasteiger partial charge in [0.15, 0.2) is 0 Å². The van der Waals surface area contributed by atoms with Crippen molar-refractivity contribution in [1.82, 2.24) is 4.98 Å². The van der Waals surface area contributed by atoms with Crippen LogP contribution in [0.5, 0.6) is 0 Å². The van der Waals surface area contributed by atoms with E-state index in [1.807, 2.05) is 6.07 Å². The molecule has 0 spiro atoms. The molecule has 0 fully saturated rings. The van der Waals surface area contributed by atoms with Crippen LogP contribution >= 0.6 is 15.9 Å². The van der Waals surface area contributed by atoms with Gasteiger partial charge in [0.25, 0.3) is 0 Å². The minimum absolute atomic E-state index is 0.0588. The van der Waals surface area contributed by atoms with Crippen LogP contribution in [0.1, 0.15) is 12.8 Å². The van der Waals surface area contributed by atoms with E-state index in [0.29, 0.717) is 5.33 Å². The fraction of sp³-hybridized carbons (Fsp3) is 0.273. The lowest BCUT2D eigenvalue weighted by Gasteiger charge is -2.04. The number of anilines is 1. The summed E-state index contributed by atoms with van der Waals surface area (Å²) in [5.41, 5.74) is 0.754. The van der Waals surface area contributed by atoms with Gasteiger partial charge in [-0.15, -0.1) is 0 Å². The van der Waals surface area contributed by atoms with Gasteiger partial charge in [0, 0.05) is 0 Å². The van der Waals surface area contributed by atoms with Crippen LogP contribution in [0.3, 0.4) is 0 Å². The van der Waals surface area contributed by atoms with E-state index in [1.54, 1.807) is 6.20 Å². The van der Waals surface area contributed by atoms with Gasteiger partial charge < -0.3 is 5.32 Å². The smallest absolute Gasteiger partial charge is 0.235 e. The molecule has 0 saturated carbocycles. The highest BCUT2D eigenvalue weighted by Gasteiger charge is 2.01. The molecule has 1 aliphatic carbocycles. The Morgan fingerprint density at radius 3 is 3.07 bits per heavy atom. The first-order valence-electron chi connectivity index (χ1n) is 4.82. The fourth-order valence-electron chi connectivity index (χ4n) is 1.55. The highest BCUT2D eigenvalue weighted by Crippen LogP contribution is 2.01. The number of amides is 1. The van der Waals surface area contributed by atoms with Crippen molar-refractivity contribution in [2.75, 3.05) is 10.6 Å². The van der Waals surface area contributed by atoms with E-state index < -0.39 is 0 Å². The van der Waals surface area contributed by atoms with Crippen LogP contribution in [-0.2, 0) is 4.79 Å². The van der Waals surface area contributed by atoms with Crippen molar-refractivity contribution in [3.8, 4) is 0 Å². The standard InChI is InChI=1S/C11H11BrN2O/c12-6-11(15)14-9-5-8-3-1-2-4-10(8)13-7-9/h3-5,7H,1-2,6H2,(H,14,15). The Balaban J connectivity index is 2.33. The van der Waals surface area contributed by atoms with Crippen molar-refractivity contribution in [2.45, 2.75) is 12.8 Å². The summed E-state index contributed by atoms with van der Waals surface area (Å²) in [5, 5.41) is 5.18. The molecule has 1 amide bonds. The Hall–Kier alpha value is -1.16. The molecule has 0 atom stereocenters. The number of carbonyl (C=O) groups is 1. The first-order valence-corrected chi connectivity index (χ1v) is 5.94. The van der Waals surface area contributed by atoms with Crippen LogP contribution in [0, 0.1) is 0 Å². The van der Waals surface area contributed by atoms with Crippen molar-refractivity contribution < 1.29 is 4.79 Å². The molecule has 0 radical (unpaired) electrons. The lowest BCUT2D eigenvalue weighted by molar-refractivity contribution is -0.113. The lowest BCUT2D eigenvalue weighted by atomic mass is 10.1. The molecule has 3 nitrogen and oxygen atoms in total. The number of nitrogens with one attached hydrogen (secondary N) is 1. The SMILES string of the molecule is O=C(CBr)Nc1cnc2c(c1)=CCCC=2. The maximum absolute atomic E-state index is 11.1. The minimum Gasteiger partial charge on any atom is -0.324 e. The van der Waals surface area contributed by atoms with Crippen LogP contribution in [0.4, 0.5) is 5.69 Å². The molecule has 1 N–H and O–H groups in total. The maximum Gasteiger partial charge on any atom is 0.235 e. The Bertz CT molecular complexity index is 496. The van der Waals surface area contributed by atoms with E-state index in [-0.39, 0.29) is 5.91 Å². The van der Waals surface area contributed by atoms with Crippen LogP contribution in [-0.4, -0.2) is 16.2 Å². The summed E-state index contributed by atoms with van der Waals surface area (Å²) in [6, 6.07) is 1.96. The maximum atomic E-state index is 11.1. The summed E-state index contributed by atoms with van der Waals surface area (Å²) in [5.74, 6) is -0.0588. The normalized spacial score (nSPS) is 13.4. The number of carbonyl (C=O) groups excluding carboxylic acids is 1. The summed E-state index contributed by atoms with van der Waals surface area (Å²) in [6.45, 7) is 0. The van der Waals surface area contributed by atoms with Gasteiger partial charge in [-0.2, -0.15) is 0 Å². The molecule has 2 rings (SSSR count). The monoisotopic (exact) mass is 266 g/mol. The van der Waals surface area contributed by atoms with Crippen molar-refractivity contribution >= 4 is 39.7 Å². The number of alkyl halides is 1. The Labute approximate surface area is 96.0 Å². The third-order valence-corrected chi connectivity index (χ3v) is 2.73. The molecule has 1 aromatic rings. The average Bonchev–Trinajstić information content (AvgIpc) is 2.29. The van der Waals surface area contributed by atoms with Gasteiger partial charge in [0.1, 0.15) is 0 Å². The summed E-state index contributed by atoms with van der Waals surface area (Å²) in [7, 11) is 0. The minimum atomic E-state index is -0.0588. The number of fused-ring (bicyclic) bond motifs is 1. The molecule has 0 bridgehead atoms. The number of aromatic nitrogens is 1. The topological polar surface area (TPSA) is 42.0 Å². The predicted molar refractivity (Wildman–Crippen MR) is 64.1 cm³/mol. The molecule has 0 saturated heterocycles. The van der Waals surface area contributed by atoms with E-state index in [2.05, 4.69) is 38.4 Å². The van der Waals surface area contributed by atoms with E-state index in [9.17, 15) is 4.79 Å². The van der Waals surface area contributed by atoms with Gasteiger partial charge in [-0.3, -0.25) is 9.78 Å². The second-order valence-electron chi connectivity index (χ2n) is 3.37. The molecule has 4 heteroatoms. The second kappa shape index (κ2) is 4.57. The number of halogens is 1. The van der Waals surface area contributed by atoms with Crippen molar-refractivity contribution in [2.24, 2.45) is 0 Å². The first kappa shape index (κ1) is 10.4. The zero-order valence-electron chi connectivity index (χ0n) is 8.16. The molecular weight excluding hydrogens is 256 g/mol. The third-order valence-electron chi connectivity index (χ3n) is 2.22. The number of hydrogen-bond acceptors (Lipinski definition) is 2. The predicted octanol–water partition coefficient (Wildman–Crippen LogP) is 0.770. The van der Waals surface area contributed by atoms with Gasteiger partial charge in [-0.25, -0.2) is 0 Å². The number of nitrogens with zero attached hydrogens (tertiary/aromatic N) is 1. The quantitative estimate of drug-likeness (QED) is 0.804. The van der Waals surface area contributed by atoms with Crippen molar-refractivity contribution in [3.63, 3.8) is 0 Å². The van der Waals surface area contributed by atoms with Gasteiger partial charge in [0.05, 0.1) is 22.6 Å². The van der Waals surface area contributed by atoms with Gasteiger partial charge >= 0.3 is 0 Å². The van der Waals surface area contributed by atoms with Crippen molar-refractivity contribution in [3.05, 3.63) is 22.8 Å². The zero-order valence-corrected chi connectivity index (χ0v) is 9.75. The van der Waals surface area contributed by atoms with E-state index >= 15 is 0 Å². The molecule has 15 heavy (non-hydrogen) atoms. The number of rotatable bonds is 2. The Morgan fingerprint density at radius 2 is 2.27 bits per heavy atom. The summed E-state index contributed by atoms with van der Waals surface area (Å²) in [6.07, 6.45) is 8.05. The summed E-state index contributed by atoms with van der Waals surface area (Å²) >= 11 is 3.10. The molecule has 1 heterocycles. The van der Waals surface area contributed by atoms with Crippen LogP contribution in [0.2, 0.25) is 0 Å². The van der Waals surface area contributed by atoms with Gasteiger partial charge in [-0.05, 0) is 24.1 Å². The van der Waals surface area contributed by atoms with Crippen LogP contribution in [0.15, 0.2) is 12.3 Å². The van der Waals surface area contributed by atoms with Crippen LogP contribution in [0.25, 0.3) is 12.2 Å². The van der Waals surface area contributed by atoms with Crippen molar-refractivity contribution in [1.29, 1.82) is 0 Å². The van der Waals surface area contributed by atoms with Crippen LogP contribution < -0.4 is 15.9 Å². The highest BCUT2D eigenvalue weighted by molar-refractivity contribution is 9.09. The van der Waals surface area contributed by atoms with Gasteiger partial charge in [-0.1, -0.05) is 28.1 Å². The first-order chi connectivity index (χ1) is 7.29. The Morgan fingerprint density at radius 1 is 1.47 bits per heavy atom. The molecule has 0 unspecified atom stereocenters. The molecule has 1 aliphatic rings. The summed E-state index contributed by atoms with van der Waals surface area (Å²) in [4.78, 5) is 15.4. The van der Waals surface area contributed by atoms with E-state index in [1.165, 1.54) is 0 Å². The number of hydrogen-bond donors (Lipinski definition) is 1. The molecule has 0 aliphatic heterocycles. The molecular formula is C11H11BrN2O. The Kier molecular flexibility index (Phi) is 3.16. The second-order valence-corrected chi connectivity index (χ2v) is 3.93. The molecule has 0 aromatic carbocycles. The largest absolute Gasteiger partial charge is 0.324 e. The fourth-order valence-corrected chi connectivity index (χ4v) is 1.69. The third kappa shape index (κ3) is 2.45. The summed E-state index contributed by atoms with van der Waals surface area (Å²) < 4.78 is 0. The van der Waals surface area contributed by atoms with Gasteiger partial charge in [0.2, 0.25) is 5.91 Å². The van der Waals surface area contributed by atoms with E-state index in [0.717, 1.165) is 29.1 Å². The lowest BCUT2D eigenvalue weighted by Crippen LogP contribution is -2.30. The number of pyridine rings is 1. The molecule has 78 valence electrons. The highest BCUT2D eigenvalue weighted by atomic mass is 79.9. The average molecular weight is 267 g/mol.